The number of hydrogen-bond acceptors (Lipinski definition) is 3. The third-order valence-electron chi connectivity index (χ3n) is 6.25. The molecule has 0 bridgehead atoms. The molecule has 2 aliphatic rings. The summed E-state index contributed by atoms with van der Waals surface area (Å²) in [6.45, 7) is 5.14. The highest BCUT2D eigenvalue weighted by Crippen LogP contribution is 2.40. The zero-order valence-corrected chi connectivity index (χ0v) is 16.2. The van der Waals surface area contributed by atoms with Gasteiger partial charge in [-0.2, -0.15) is 5.10 Å². The maximum atomic E-state index is 13.3. The zero-order valence-electron chi connectivity index (χ0n) is 16.2. The van der Waals surface area contributed by atoms with Gasteiger partial charge in [0.2, 0.25) is 5.91 Å². The highest BCUT2D eigenvalue weighted by molar-refractivity contribution is 5.94. The van der Waals surface area contributed by atoms with E-state index in [4.69, 9.17) is 0 Å². The second kappa shape index (κ2) is 7.04. The molecule has 2 aliphatic heterocycles. The molecule has 0 radical (unpaired) electrons. The molecule has 2 fully saturated rings. The molecule has 2 atom stereocenters. The van der Waals surface area contributed by atoms with E-state index < -0.39 is 0 Å². The Morgan fingerprint density at radius 1 is 1.21 bits per heavy atom. The Hall–Kier alpha value is -2.70. The molecule has 0 spiro atoms. The van der Waals surface area contributed by atoms with Crippen molar-refractivity contribution < 1.29 is 14.0 Å². The minimum Gasteiger partial charge on any atom is -0.338 e. The predicted molar refractivity (Wildman–Crippen MR) is 103 cm³/mol. The Bertz CT molecular complexity index is 894. The quantitative estimate of drug-likeness (QED) is 0.864. The van der Waals surface area contributed by atoms with Gasteiger partial charge in [0.1, 0.15) is 11.5 Å². The maximum absolute atomic E-state index is 13.3. The molecule has 1 aromatic heterocycles. The first-order valence-corrected chi connectivity index (χ1v) is 9.81. The van der Waals surface area contributed by atoms with Gasteiger partial charge >= 0.3 is 0 Å². The third-order valence-corrected chi connectivity index (χ3v) is 6.25. The van der Waals surface area contributed by atoms with E-state index in [2.05, 4.69) is 17.1 Å². The number of halogens is 1. The number of benzene rings is 1. The minimum absolute atomic E-state index is 0.0518. The largest absolute Gasteiger partial charge is 0.338 e. The molecule has 7 heteroatoms. The molecular weight excluding hydrogens is 359 g/mol. The lowest BCUT2D eigenvalue weighted by molar-refractivity contribution is -0.140. The van der Waals surface area contributed by atoms with Crippen LogP contribution in [0.5, 0.6) is 0 Å². The van der Waals surface area contributed by atoms with Crippen LogP contribution in [0.15, 0.2) is 30.3 Å². The van der Waals surface area contributed by atoms with Gasteiger partial charge in [0.25, 0.3) is 5.91 Å². The van der Waals surface area contributed by atoms with Gasteiger partial charge in [-0.25, -0.2) is 4.39 Å². The summed E-state index contributed by atoms with van der Waals surface area (Å²) in [5, 5.41) is 7.09. The lowest BCUT2D eigenvalue weighted by Crippen LogP contribution is -2.68. The smallest absolute Gasteiger partial charge is 0.272 e. The third kappa shape index (κ3) is 3.08. The summed E-state index contributed by atoms with van der Waals surface area (Å²) < 4.78 is 13.2. The lowest BCUT2D eigenvalue weighted by Gasteiger charge is -2.56. The molecule has 2 aromatic rings. The van der Waals surface area contributed by atoms with Crippen LogP contribution in [-0.2, 0) is 4.79 Å². The molecule has 0 aliphatic carbocycles. The van der Waals surface area contributed by atoms with Crippen molar-refractivity contribution in [3.05, 3.63) is 41.8 Å². The average molecular weight is 384 g/mol. The number of nitrogens with zero attached hydrogens (tertiary/aromatic N) is 3. The van der Waals surface area contributed by atoms with E-state index in [0.717, 1.165) is 37.8 Å². The van der Waals surface area contributed by atoms with Crippen molar-refractivity contribution in [2.45, 2.75) is 51.1 Å². The van der Waals surface area contributed by atoms with Gasteiger partial charge in [-0.3, -0.25) is 14.7 Å². The lowest BCUT2D eigenvalue weighted by atomic mass is 9.76. The van der Waals surface area contributed by atoms with Crippen molar-refractivity contribution in [3.63, 3.8) is 0 Å². The normalized spacial score (nSPS) is 24.8. The van der Waals surface area contributed by atoms with Crippen LogP contribution in [-0.4, -0.2) is 56.5 Å². The molecule has 2 amide bonds. The van der Waals surface area contributed by atoms with Crippen LogP contribution in [0, 0.1) is 5.82 Å². The van der Waals surface area contributed by atoms with Crippen LogP contribution in [0.25, 0.3) is 11.3 Å². The number of amides is 2. The average Bonchev–Trinajstić information content (AvgIpc) is 3.16. The standard InChI is InChI=1S/C21H25FN4O2/c1-14(27)25-11-4-10-21(2)19(25)5-3-12-26(21)20(28)18-13-17(23-24-18)15-6-8-16(22)9-7-15/h6-9,13,19H,3-5,10-12H2,1-2H3,(H,23,24)/t19-,21+/m1/s1. The number of carbonyl (C=O) groups is 2. The Labute approximate surface area is 163 Å². The minimum atomic E-state index is -0.375. The van der Waals surface area contributed by atoms with Gasteiger partial charge in [-0.05, 0) is 62.9 Å². The summed E-state index contributed by atoms with van der Waals surface area (Å²) in [7, 11) is 0. The number of fused-ring (bicyclic) bond motifs is 1. The summed E-state index contributed by atoms with van der Waals surface area (Å²) in [5.74, 6) is -0.334. The SMILES string of the molecule is CC(=O)N1CCC[C@@]2(C)[C@H]1CCCN2C(=O)c1cc(-c2ccc(F)cc2)n[nH]1. The molecular formula is C21H25FN4O2. The van der Waals surface area contributed by atoms with E-state index in [-0.39, 0.29) is 29.2 Å². The first-order chi connectivity index (χ1) is 13.4. The van der Waals surface area contributed by atoms with E-state index in [1.54, 1.807) is 25.1 Å². The molecule has 6 nitrogen and oxygen atoms in total. The summed E-state index contributed by atoms with van der Waals surface area (Å²) in [6.07, 6.45) is 3.56. The zero-order chi connectivity index (χ0) is 19.9. The van der Waals surface area contributed by atoms with Crippen molar-refractivity contribution in [2.75, 3.05) is 13.1 Å². The van der Waals surface area contributed by atoms with Gasteiger partial charge < -0.3 is 9.80 Å². The van der Waals surface area contributed by atoms with Crippen molar-refractivity contribution in [1.29, 1.82) is 0 Å². The topological polar surface area (TPSA) is 69.3 Å². The van der Waals surface area contributed by atoms with Gasteiger partial charge in [0, 0.05) is 25.6 Å². The van der Waals surface area contributed by atoms with E-state index in [1.165, 1.54) is 12.1 Å². The van der Waals surface area contributed by atoms with Gasteiger partial charge in [-0.1, -0.05) is 0 Å². The molecule has 0 saturated carbocycles. The van der Waals surface area contributed by atoms with E-state index in [0.29, 0.717) is 17.9 Å². The number of piperidine rings is 2. The van der Waals surface area contributed by atoms with Crippen molar-refractivity contribution in [1.82, 2.24) is 20.0 Å². The second-order valence-corrected chi connectivity index (χ2v) is 7.96. The Kier molecular flexibility index (Phi) is 4.69. The fraction of sp³-hybridized carbons (Fsp3) is 0.476. The van der Waals surface area contributed by atoms with Crippen molar-refractivity contribution >= 4 is 11.8 Å². The van der Waals surface area contributed by atoms with Crippen molar-refractivity contribution in [2.24, 2.45) is 0 Å². The van der Waals surface area contributed by atoms with Crippen LogP contribution in [0.1, 0.15) is 50.0 Å². The number of H-pyrrole nitrogens is 1. The molecule has 28 heavy (non-hydrogen) atoms. The number of likely N-dealkylation sites (tertiary alicyclic amines) is 2. The maximum Gasteiger partial charge on any atom is 0.272 e. The molecule has 1 aromatic carbocycles. The van der Waals surface area contributed by atoms with E-state index in [1.807, 2.05) is 9.80 Å². The van der Waals surface area contributed by atoms with Crippen LogP contribution in [0.4, 0.5) is 4.39 Å². The number of carbonyl (C=O) groups excluding carboxylic acids is 2. The van der Waals surface area contributed by atoms with E-state index in [9.17, 15) is 14.0 Å². The number of nitrogens with one attached hydrogen (secondary N) is 1. The van der Waals surface area contributed by atoms with E-state index >= 15 is 0 Å². The molecule has 148 valence electrons. The first kappa shape index (κ1) is 18.7. The van der Waals surface area contributed by atoms with Gasteiger partial charge in [0.05, 0.1) is 17.3 Å². The Balaban J connectivity index is 1.61. The molecule has 1 N–H and O–H groups in total. The van der Waals surface area contributed by atoms with Crippen LogP contribution in [0.2, 0.25) is 0 Å². The Morgan fingerprint density at radius 3 is 2.68 bits per heavy atom. The van der Waals surface area contributed by atoms with Crippen molar-refractivity contribution in [3.8, 4) is 11.3 Å². The number of rotatable bonds is 2. The van der Waals surface area contributed by atoms with Crippen LogP contribution < -0.4 is 0 Å². The molecule has 0 unspecified atom stereocenters. The van der Waals surface area contributed by atoms with Crippen LogP contribution >= 0.6 is 0 Å². The summed E-state index contributed by atoms with van der Waals surface area (Å²) in [4.78, 5) is 29.3. The second-order valence-electron chi connectivity index (χ2n) is 7.96. The summed E-state index contributed by atoms with van der Waals surface area (Å²) >= 11 is 0. The van der Waals surface area contributed by atoms with Crippen LogP contribution in [0.3, 0.4) is 0 Å². The fourth-order valence-corrected chi connectivity index (χ4v) is 4.80. The number of aromatic nitrogens is 2. The van der Waals surface area contributed by atoms with Gasteiger partial charge in [0.15, 0.2) is 0 Å². The molecule has 2 saturated heterocycles. The Morgan fingerprint density at radius 2 is 1.96 bits per heavy atom. The monoisotopic (exact) mass is 384 g/mol. The highest BCUT2D eigenvalue weighted by Gasteiger charge is 2.50. The summed E-state index contributed by atoms with van der Waals surface area (Å²) in [5.41, 5.74) is 1.40. The fourth-order valence-electron chi connectivity index (χ4n) is 4.80. The van der Waals surface area contributed by atoms with Gasteiger partial charge in [-0.15, -0.1) is 0 Å². The first-order valence-electron chi connectivity index (χ1n) is 9.81. The number of hydrogen-bond donors (Lipinski definition) is 1. The predicted octanol–water partition coefficient (Wildman–Crippen LogP) is 3.22. The summed E-state index contributed by atoms with van der Waals surface area (Å²) in [6, 6.07) is 7.80. The molecule has 3 heterocycles. The number of aromatic amines is 1. The molecule has 4 rings (SSSR count). The highest BCUT2D eigenvalue weighted by atomic mass is 19.1.